The summed E-state index contributed by atoms with van der Waals surface area (Å²) in [7, 11) is 1.99. The lowest BCUT2D eigenvalue weighted by Crippen LogP contribution is -2.32. The molecular weight excluding hydrogens is 436 g/mol. The predicted octanol–water partition coefficient (Wildman–Crippen LogP) is 5.39. The lowest BCUT2D eigenvalue weighted by Gasteiger charge is -2.27. The second-order valence-corrected chi connectivity index (χ2v) is 9.72. The molecule has 3 aromatic rings. The SMILES string of the molecule is Cn1ncc(-c2ccc3cnc(NC(=O)C4CCC(F)(F)CC4)cc3c2)c1CN1CCCCC1. The number of carbonyl (C=O) groups is 1. The Morgan fingerprint density at radius 3 is 2.62 bits per heavy atom. The van der Waals surface area contributed by atoms with Crippen molar-refractivity contribution >= 4 is 22.5 Å². The van der Waals surface area contributed by atoms with Crippen LogP contribution in [0.3, 0.4) is 0 Å². The summed E-state index contributed by atoms with van der Waals surface area (Å²) in [6.07, 6.45) is 7.40. The van der Waals surface area contributed by atoms with Crippen molar-refractivity contribution in [2.24, 2.45) is 13.0 Å². The zero-order valence-corrected chi connectivity index (χ0v) is 19.6. The molecule has 1 amide bonds. The molecule has 0 radical (unpaired) electrons. The first-order chi connectivity index (χ1) is 16.4. The molecule has 5 rings (SSSR count). The van der Waals surface area contributed by atoms with Gasteiger partial charge in [-0.3, -0.25) is 14.4 Å². The fraction of sp³-hybridized carbons (Fsp3) is 0.500. The van der Waals surface area contributed by atoms with Gasteiger partial charge in [-0.1, -0.05) is 18.6 Å². The quantitative estimate of drug-likeness (QED) is 0.547. The number of halogens is 2. The molecule has 0 atom stereocenters. The number of aromatic nitrogens is 3. The van der Waals surface area contributed by atoms with Gasteiger partial charge in [0.2, 0.25) is 11.8 Å². The van der Waals surface area contributed by atoms with Gasteiger partial charge in [0.25, 0.3) is 0 Å². The molecule has 34 heavy (non-hydrogen) atoms. The monoisotopic (exact) mass is 467 g/mol. The van der Waals surface area contributed by atoms with Gasteiger partial charge in [0.1, 0.15) is 5.82 Å². The van der Waals surface area contributed by atoms with Crippen molar-refractivity contribution in [2.45, 2.75) is 57.4 Å². The van der Waals surface area contributed by atoms with Crippen LogP contribution < -0.4 is 5.32 Å². The van der Waals surface area contributed by atoms with Gasteiger partial charge in [0, 0.05) is 49.5 Å². The number of amides is 1. The van der Waals surface area contributed by atoms with Gasteiger partial charge < -0.3 is 5.32 Å². The van der Waals surface area contributed by atoms with Crippen LogP contribution in [-0.2, 0) is 18.4 Å². The van der Waals surface area contributed by atoms with Crippen LogP contribution in [0.4, 0.5) is 14.6 Å². The van der Waals surface area contributed by atoms with Gasteiger partial charge in [0.15, 0.2) is 0 Å². The van der Waals surface area contributed by atoms with Crippen LogP contribution in [0.15, 0.2) is 36.7 Å². The number of hydrogen-bond acceptors (Lipinski definition) is 4. The van der Waals surface area contributed by atoms with Crippen molar-refractivity contribution in [1.82, 2.24) is 19.7 Å². The summed E-state index contributed by atoms with van der Waals surface area (Å²) in [6, 6.07) is 8.07. The van der Waals surface area contributed by atoms with Gasteiger partial charge in [-0.2, -0.15) is 5.10 Å². The number of anilines is 1. The van der Waals surface area contributed by atoms with E-state index in [2.05, 4.69) is 32.4 Å². The molecule has 1 aromatic carbocycles. The van der Waals surface area contributed by atoms with Crippen LogP contribution in [0.25, 0.3) is 21.9 Å². The van der Waals surface area contributed by atoms with Gasteiger partial charge in [-0.05, 0) is 61.9 Å². The van der Waals surface area contributed by atoms with E-state index in [1.54, 1.807) is 6.20 Å². The highest BCUT2D eigenvalue weighted by Crippen LogP contribution is 2.36. The van der Waals surface area contributed by atoms with Crippen molar-refractivity contribution in [3.63, 3.8) is 0 Å². The van der Waals surface area contributed by atoms with Crippen molar-refractivity contribution < 1.29 is 13.6 Å². The number of alkyl halides is 2. The Balaban J connectivity index is 1.35. The average Bonchev–Trinajstić information content (AvgIpc) is 3.19. The molecule has 1 N–H and O–H groups in total. The number of likely N-dealkylation sites (tertiary alicyclic amines) is 1. The van der Waals surface area contributed by atoms with Crippen molar-refractivity contribution in [3.05, 3.63) is 42.4 Å². The standard InChI is InChI=1S/C26H31F2N5O/c1-32-23(17-33-11-3-2-4-12-33)22(16-30-32)19-5-6-20-15-29-24(14-21(20)13-19)31-25(34)18-7-9-26(27,28)10-8-18/h5-6,13-16,18H,2-4,7-12,17H2,1H3,(H,29,31,34). The van der Waals surface area contributed by atoms with Crippen LogP contribution in [0.5, 0.6) is 0 Å². The highest BCUT2D eigenvalue weighted by Gasteiger charge is 2.37. The molecule has 1 aliphatic heterocycles. The first-order valence-corrected chi connectivity index (χ1v) is 12.2. The van der Waals surface area contributed by atoms with E-state index in [1.165, 1.54) is 25.0 Å². The van der Waals surface area contributed by atoms with Crippen LogP contribution in [0.1, 0.15) is 50.6 Å². The smallest absolute Gasteiger partial charge is 0.248 e. The maximum atomic E-state index is 13.4. The minimum Gasteiger partial charge on any atom is -0.310 e. The van der Waals surface area contributed by atoms with Crippen LogP contribution in [0.2, 0.25) is 0 Å². The van der Waals surface area contributed by atoms with E-state index in [4.69, 9.17) is 0 Å². The largest absolute Gasteiger partial charge is 0.310 e. The molecule has 8 heteroatoms. The van der Waals surface area contributed by atoms with Crippen molar-refractivity contribution in [1.29, 1.82) is 0 Å². The average molecular weight is 468 g/mol. The Morgan fingerprint density at radius 1 is 1.09 bits per heavy atom. The second kappa shape index (κ2) is 9.41. The summed E-state index contributed by atoms with van der Waals surface area (Å²) in [4.78, 5) is 19.5. The molecule has 0 spiro atoms. The van der Waals surface area contributed by atoms with E-state index in [1.807, 2.05) is 30.1 Å². The van der Waals surface area contributed by atoms with E-state index in [0.29, 0.717) is 5.82 Å². The van der Waals surface area contributed by atoms with Crippen LogP contribution in [0, 0.1) is 5.92 Å². The number of pyridine rings is 1. The molecule has 2 aromatic heterocycles. The van der Waals surface area contributed by atoms with E-state index < -0.39 is 11.8 Å². The topological polar surface area (TPSA) is 63.1 Å². The number of carbonyl (C=O) groups excluding carboxylic acids is 1. The van der Waals surface area contributed by atoms with Gasteiger partial charge in [-0.15, -0.1) is 0 Å². The lowest BCUT2D eigenvalue weighted by atomic mass is 9.86. The van der Waals surface area contributed by atoms with E-state index in [-0.39, 0.29) is 31.6 Å². The lowest BCUT2D eigenvalue weighted by molar-refractivity contribution is -0.124. The van der Waals surface area contributed by atoms with Crippen molar-refractivity contribution in [3.8, 4) is 11.1 Å². The molecule has 0 unspecified atom stereocenters. The predicted molar refractivity (Wildman–Crippen MR) is 129 cm³/mol. The number of hydrogen-bond donors (Lipinski definition) is 1. The fourth-order valence-corrected chi connectivity index (χ4v) is 5.13. The Hall–Kier alpha value is -2.87. The molecule has 1 aliphatic carbocycles. The highest BCUT2D eigenvalue weighted by atomic mass is 19.3. The first kappa shape index (κ1) is 22.9. The Morgan fingerprint density at radius 2 is 1.85 bits per heavy atom. The minimum absolute atomic E-state index is 0.206. The zero-order valence-electron chi connectivity index (χ0n) is 19.6. The molecule has 1 saturated heterocycles. The van der Waals surface area contributed by atoms with Gasteiger partial charge in [0.05, 0.1) is 11.9 Å². The Bertz CT molecular complexity index is 1180. The van der Waals surface area contributed by atoms with Gasteiger partial charge in [-0.25, -0.2) is 13.8 Å². The molecule has 180 valence electrons. The summed E-state index contributed by atoms with van der Waals surface area (Å²) in [5, 5.41) is 9.30. The number of nitrogens with zero attached hydrogens (tertiary/aromatic N) is 4. The molecule has 2 fully saturated rings. The number of benzene rings is 1. The minimum atomic E-state index is -2.65. The van der Waals surface area contributed by atoms with Crippen LogP contribution in [-0.4, -0.2) is 44.6 Å². The summed E-state index contributed by atoms with van der Waals surface area (Å²) < 4.78 is 28.8. The summed E-state index contributed by atoms with van der Waals surface area (Å²) >= 11 is 0. The first-order valence-electron chi connectivity index (χ1n) is 12.2. The molecule has 6 nitrogen and oxygen atoms in total. The molecule has 1 saturated carbocycles. The van der Waals surface area contributed by atoms with E-state index >= 15 is 0 Å². The number of aryl methyl sites for hydroxylation is 1. The van der Waals surface area contributed by atoms with E-state index in [9.17, 15) is 13.6 Å². The third kappa shape index (κ3) is 4.97. The molecule has 2 aliphatic rings. The third-order valence-corrected chi connectivity index (χ3v) is 7.26. The summed E-state index contributed by atoms with van der Waals surface area (Å²) in [6.45, 7) is 3.12. The number of piperidine rings is 1. The normalized spacial score (nSPS) is 19.4. The maximum absolute atomic E-state index is 13.4. The Kier molecular flexibility index (Phi) is 6.34. The number of rotatable bonds is 5. The second-order valence-electron chi connectivity index (χ2n) is 9.72. The van der Waals surface area contributed by atoms with E-state index in [0.717, 1.165) is 41.5 Å². The summed E-state index contributed by atoms with van der Waals surface area (Å²) in [5.41, 5.74) is 3.38. The molecule has 3 heterocycles. The number of nitrogens with one attached hydrogen (secondary N) is 1. The maximum Gasteiger partial charge on any atom is 0.248 e. The van der Waals surface area contributed by atoms with Crippen molar-refractivity contribution in [2.75, 3.05) is 18.4 Å². The van der Waals surface area contributed by atoms with Crippen LogP contribution >= 0.6 is 0 Å². The fourth-order valence-electron chi connectivity index (χ4n) is 5.13. The zero-order chi connectivity index (χ0) is 23.7. The Labute approximate surface area is 198 Å². The third-order valence-electron chi connectivity index (χ3n) is 7.26. The molecular formula is C26H31F2N5O. The highest BCUT2D eigenvalue weighted by molar-refractivity contribution is 5.95. The summed E-state index contributed by atoms with van der Waals surface area (Å²) in [5.74, 6) is -2.81. The number of fused-ring (bicyclic) bond motifs is 1. The van der Waals surface area contributed by atoms with Gasteiger partial charge >= 0.3 is 0 Å². The molecule has 0 bridgehead atoms.